The first-order valence-electron chi connectivity index (χ1n) is 8.11. The van der Waals surface area contributed by atoms with Crippen LogP contribution in [0.4, 0.5) is 0 Å². The molecule has 1 aromatic carbocycles. The van der Waals surface area contributed by atoms with Gasteiger partial charge in [0.1, 0.15) is 6.61 Å². The molecule has 0 bridgehead atoms. The topological polar surface area (TPSA) is 39.7 Å². The van der Waals surface area contributed by atoms with Gasteiger partial charge in [-0.2, -0.15) is 0 Å². The van der Waals surface area contributed by atoms with Crippen LogP contribution in [-0.2, 0) is 11.3 Å². The predicted molar refractivity (Wildman–Crippen MR) is 106 cm³/mol. The number of benzene rings is 1. The van der Waals surface area contributed by atoms with Crippen molar-refractivity contribution in [3.63, 3.8) is 0 Å². The van der Waals surface area contributed by atoms with E-state index in [1.54, 1.807) is 13.2 Å². The van der Waals surface area contributed by atoms with Crippen LogP contribution in [0.1, 0.15) is 31.7 Å². The summed E-state index contributed by atoms with van der Waals surface area (Å²) in [5.74, 6) is 1.43. The fourth-order valence-electron chi connectivity index (χ4n) is 2.04. The van der Waals surface area contributed by atoms with E-state index in [0.717, 1.165) is 54.9 Å². The maximum absolute atomic E-state index is 5.63. The minimum Gasteiger partial charge on any atom is -0.493 e. The number of rotatable bonds is 13. The highest BCUT2D eigenvalue weighted by Gasteiger charge is 2.11. The van der Waals surface area contributed by atoms with E-state index in [2.05, 4.69) is 34.7 Å². The summed E-state index contributed by atoms with van der Waals surface area (Å²) >= 11 is 3.54. The van der Waals surface area contributed by atoms with E-state index < -0.39 is 0 Å². The Morgan fingerprint density at radius 1 is 1.25 bits per heavy atom. The molecule has 6 heteroatoms. The second-order valence-corrected chi connectivity index (χ2v) is 6.06. The average molecular weight is 423 g/mol. The van der Waals surface area contributed by atoms with Crippen LogP contribution in [0, 0.1) is 0 Å². The Bertz CT molecular complexity index is 472. The highest BCUT2D eigenvalue weighted by atomic mass is 79.9. The molecule has 1 rings (SSSR count). The van der Waals surface area contributed by atoms with Crippen molar-refractivity contribution in [1.82, 2.24) is 5.32 Å². The minimum absolute atomic E-state index is 0. The molecule has 0 atom stereocenters. The summed E-state index contributed by atoms with van der Waals surface area (Å²) in [7, 11) is 1.65. The average Bonchev–Trinajstić information content (AvgIpc) is 2.55. The van der Waals surface area contributed by atoms with Gasteiger partial charge in [-0.3, -0.25) is 0 Å². The number of hydrogen-bond acceptors (Lipinski definition) is 4. The lowest BCUT2D eigenvalue weighted by Gasteiger charge is -2.14. The highest BCUT2D eigenvalue weighted by Crippen LogP contribution is 2.36. The molecule has 0 aliphatic carbocycles. The standard InChI is InChI=1S/C18H28BrNO3.ClH/c1-4-6-10-22-11-7-8-20-14-15-12-16(19)18(23-9-5-2)17(13-15)21-3;/h5,12-13,20H,2,4,6-11,14H2,1,3H3;1H. The van der Waals surface area contributed by atoms with E-state index in [1.165, 1.54) is 6.42 Å². The molecule has 0 radical (unpaired) electrons. The van der Waals surface area contributed by atoms with E-state index in [-0.39, 0.29) is 12.4 Å². The Balaban J connectivity index is 0.00000529. The molecular weight excluding hydrogens is 394 g/mol. The van der Waals surface area contributed by atoms with Gasteiger partial charge in [0.2, 0.25) is 0 Å². The fourth-order valence-corrected chi connectivity index (χ4v) is 2.64. The third-order valence-corrected chi connectivity index (χ3v) is 3.84. The van der Waals surface area contributed by atoms with Crippen LogP contribution in [0.2, 0.25) is 0 Å². The number of halogens is 2. The van der Waals surface area contributed by atoms with Gasteiger partial charge in [0.15, 0.2) is 11.5 Å². The van der Waals surface area contributed by atoms with E-state index in [9.17, 15) is 0 Å². The number of nitrogens with one attached hydrogen (secondary N) is 1. The van der Waals surface area contributed by atoms with E-state index in [0.29, 0.717) is 12.4 Å². The molecule has 0 aliphatic heterocycles. The van der Waals surface area contributed by atoms with Gasteiger partial charge in [0, 0.05) is 19.8 Å². The van der Waals surface area contributed by atoms with Crippen molar-refractivity contribution in [2.24, 2.45) is 0 Å². The maximum Gasteiger partial charge on any atom is 0.175 e. The molecule has 0 amide bonds. The molecule has 0 aromatic heterocycles. The Morgan fingerprint density at radius 3 is 2.67 bits per heavy atom. The summed E-state index contributed by atoms with van der Waals surface area (Å²) in [5.41, 5.74) is 1.14. The van der Waals surface area contributed by atoms with Crippen molar-refractivity contribution in [3.8, 4) is 11.5 Å². The largest absolute Gasteiger partial charge is 0.493 e. The molecule has 0 fully saturated rings. The van der Waals surface area contributed by atoms with Crippen LogP contribution >= 0.6 is 28.3 Å². The van der Waals surface area contributed by atoms with Crippen LogP contribution in [-0.4, -0.2) is 33.5 Å². The smallest absolute Gasteiger partial charge is 0.175 e. The molecule has 24 heavy (non-hydrogen) atoms. The molecule has 1 aromatic rings. The van der Waals surface area contributed by atoms with Crippen molar-refractivity contribution >= 4 is 28.3 Å². The SMILES string of the molecule is C=CCOc1c(Br)cc(CNCCCOCCCC)cc1OC.Cl. The summed E-state index contributed by atoms with van der Waals surface area (Å²) in [6.45, 7) is 9.68. The Kier molecular flexibility index (Phi) is 14.1. The van der Waals surface area contributed by atoms with Crippen molar-refractivity contribution in [3.05, 3.63) is 34.8 Å². The monoisotopic (exact) mass is 421 g/mol. The highest BCUT2D eigenvalue weighted by molar-refractivity contribution is 9.10. The number of unbranched alkanes of at least 4 members (excludes halogenated alkanes) is 1. The van der Waals surface area contributed by atoms with Crippen molar-refractivity contribution < 1.29 is 14.2 Å². The first-order chi connectivity index (χ1) is 11.2. The molecule has 0 saturated carbocycles. The lowest BCUT2D eigenvalue weighted by molar-refractivity contribution is 0.129. The van der Waals surface area contributed by atoms with Crippen LogP contribution in [0.5, 0.6) is 11.5 Å². The zero-order valence-corrected chi connectivity index (χ0v) is 17.0. The van der Waals surface area contributed by atoms with E-state index >= 15 is 0 Å². The third-order valence-electron chi connectivity index (χ3n) is 3.25. The van der Waals surface area contributed by atoms with Gasteiger partial charge in [-0.15, -0.1) is 12.4 Å². The van der Waals surface area contributed by atoms with Gasteiger partial charge in [-0.25, -0.2) is 0 Å². The summed E-state index contributed by atoms with van der Waals surface area (Å²) in [5, 5.41) is 3.42. The normalized spacial score (nSPS) is 10.1. The van der Waals surface area contributed by atoms with Crippen LogP contribution < -0.4 is 14.8 Å². The lowest BCUT2D eigenvalue weighted by Crippen LogP contribution is -2.16. The minimum atomic E-state index is 0. The second-order valence-electron chi connectivity index (χ2n) is 5.20. The summed E-state index contributed by atoms with van der Waals surface area (Å²) in [6.07, 6.45) is 5.05. The zero-order chi connectivity index (χ0) is 16.9. The van der Waals surface area contributed by atoms with Gasteiger partial charge in [-0.1, -0.05) is 26.0 Å². The predicted octanol–water partition coefficient (Wildman–Crippen LogP) is 4.74. The van der Waals surface area contributed by atoms with E-state index in [4.69, 9.17) is 14.2 Å². The molecule has 0 spiro atoms. The van der Waals surface area contributed by atoms with Crippen molar-refractivity contribution in [2.75, 3.05) is 33.5 Å². The van der Waals surface area contributed by atoms with Crippen molar-refractivity contribution in [2.45, 2.75) is 32.7 Å². The first kappa shape index (κ1) is 23.2. The Labute approximate surface area is 160 Å². The molecule has 0 unspecified atom stereocenters. The van der Waals surface area contributed by atoms with Gasteiger partial charge >= 0.3 is 0 Å². The van der Waals surface area contributed by atoms with Crippen LogP contribution in [0.15, 0.2) is 29.3 Å². The van der Waals surface area contributed by atoms with Crippen LogP contribution in [0.25, 0.3) is 0 Å². The summed E-state index contributed by atoms with van der Waals surface area (Å²) in [6, 6.07) is 4.04. The molecule has 138 valence electrons. The molecule has 0 aliphatic rings. The molecule has 4 nitrogen and oxygen atoms in total. The quantitative estimate of drug-likeness (QED) is 0.368. The van der Waals surface area contributed by atoms with Crippen molar-refractivity contribution in [1.29, 1.82) is 0 Å². The maximum atomic E-state index is 5.63. The van der Waals surface area contributed by atoms with Gasteiger partial charge in [-0.05, 0) is 53.0 Å². The Morgan fingerprint density at radius 2 is 2.00 bits per heavy atom. The Hall–Kier alpha value is -0.750. The number of methoxy groups -OCH3 is 1. The van der Waals surface area contributed by atoms with Gasteiger partial charge < -0.3 is 19.5 Å². The van der Waals surface area contributed by atoms with Gasteiger partial charge in [0.25, 0.3) is 0 Å². The molecule has 1 N–H and O–H groups in total. The summed E-state index contributed by atoms with van der Waals surface area (Å²) in [4.78, 5) is 0. The summed E-state index contributed by atoms with van der Waals surface area (Å²) < 4.78 is 17.5. The molecule has 0 heterocycles. The van der Waals surface area contributed by atoms with Gasteiger partial charge in [0.05, 0.1) is 11.6 Å². The zero-order valence-electron chi connectivity index (χ0n) is 14.6. The second kappa shape index (κ2) is 14.6. The first-order valence-corrected chi connectivity index (χ1v) is 8.90. The molecular formula is C18H29BrClNO3. The van der Waals surface area contributed by atoms with E-state index in [1.807, 2.05) is 12.1 Å². The van der Waals surface area contributed by atoms with Crippen LogP contribution in [0.3, 0.4) is 0 Å². The fraction of sp³-hybridized carbons (Fsp3) is 0.556. The molecule has 0 saturated heterocycles. The number of ether oxygens (including phenoxy) is 3. The third kappa shape index (κ3) is 8.92. The number of hydrogen-bond donors (Lipinski definition) is 1. The lowest BCUT2D eigenvalue weighted by atomic mass is 10.2.